The van der Waals surface area contributed by atoms with Crippen LogP contribution in [0.15, 0.2) is 77.7 Å². The van der Waals surface area contributed by atoms with E-state index in [0.717, 1.165) is 5.69 Å². The van der Waals surface area contributed by atoms with Crippen molar-refractivity contribution >= 4 is 27.4 Å². The highest BCUT2D eigenvalue weighted by Gasteiger charge is 2.25. The molecule has 0 aliphatic carbocycles. The minimum absolute atomic E-state index is 0.0283. The summed E-state index contributed by atoms with van der Waals surface area (Å²) >= 11 is 0. The quantitative estimate of drug-likeness (QED) is 0.485. The topological polar surface area (TPSA) is 105 Å². The first-order chi connectivity index (χ1) is 14.9. The largest absolute Gasteiger partial charge is 0.497 e. The zero-order chi connectivity index (χ0) is 22.4. The maximum atomic E-state index is 13.0. The number of benzene rings is 3. The summed E-state index contributed by atoms with van der Waals surface area (Å²) in [5, 5.41) is 9.40. The highest BCUT2D eigenvalue weighted by molar-refractivity contribution is 7.89. The number of rotatable bonds is 9. The number of para-hydroxylation sites is 1. The Morgan fingerprint density at radius 1 is 1.00 bits per heavy atom. The van der Waals surface area contributed by atoms with Gasteiger partial charge in [-0.05, 0) is 66.4 Å². The Bertz CT molecular complexity index is 1150. The van der Waals surface area contributed by atoms with E-state index >= 15 is 0 Å². The maximum Gasteiger partial charge on any atom is 0.335 e. The van der Waals surface area contributed by atoms with E-state index in [4.69, 9.17) is 9.57 Å². The lowest BCUT2D eigenvalue weighted by molar-refractivity contribution is 0.0696. The van der Waals surface area contributed by atoms with E-state index in [1.165, 1.54) is 25.3 Å². The molecule has 9 heteroatoms. The number of carbonyl (C=O) groups is 1. The molecule has 0 bridgehead atoms. The Labute approximate surface area is 180 Å². The molecule has 31 heavy (non-hydrogen) atoms. The first-order valence-electron chi connectivity index (χ1n) is 9.38. The van der Waals surface area contributed by atoms with E-state index in [1.54, 1.807) is 29.2 Å². The highest BCUT2D eigenvalue weighted by atomic mass is 32.2. The van der Waals surface area contributed by atoms with E-state index in [1.807, 2.05) is 37.3 Å². The highest BCUT2D eigenvalue weighted by Crippen LogP contribution is 2.32. The van der Waals surface area contributed by atoms with Crippen molar-refractivity contribution in [1.29, 1.82) is 0 Å². The van der Waals surface area contributed by atoms with Crippen LogP contribution in [-0.2, 0) is 10.0 Å². The fourth-order valence-electron chi connectivity index (χ4n) is 2.98. The normalized spacial score (nSPS) is 11.0. The summed E-state index contributed by atoms with van der Waals surface area (Å²) in [4.78, 5) is 20.5. The van der Waals surface area contributed by atoms with Crippen LogP contribution in [0.25, 0.3) is 0 Å². The number of carboxylic acids is 1. The molecule has 0 saturated carbocycles. The predicted octanol–water partition coefficient (Wildman–Crippen LogP) is 3.82. The third-order valence-electron chi connectivity index (χ3n) is 4.50. The maximum absolute atomic E-state index is 13.0. The second kappa shape index (κ2) is 9.50. The molecule has 3 rings (SSSR count). The molecule has 0 amide bonds. The van der Waals surface area contributed by atoms with Crippen molar-refractivity contribution < 1.29 is 27.9 Å². The van der Waals surface area contributed by atoms with Gasteiger partial charge in [0.15, 0.2) is 0 Å². The van der Waals surface area contributed by atoms with Gasteiger partial charge in [0.05, 0.1) is 18.4 Å². The van der Waals surface area contributed by atoms with Gasteiger partial charge in [-0.15, -0.1) is 0 Å². The number of hydrogen-bond acceptors (Lipinski definition) is 6. The van der Waals surface area contributed by atoms with Crippen molar-refractivity contribution in [2.24, 2.45) is 0 Å². The summed E-state index contributed by atoms with van der Waals surface area (Å²) in [7, 11) is -2.63. The van der Waals surface area contributed by atoms with Gasteiger partial charge in [-0.1, -0.05) is 18.2 Å². The summed E-state index contributed by atoms with van der Waals surface area (Å²) in [6.45, 7) is 2.26. The van der Waals surface area contributed by atoms with Crippen molar-refractivity contribution in [3.05, 3.63) is 78.4 Å². The van der Waals surface area contributed by atoms with Crippen molar-refractivity contribution in [2.75, 3.05) is 18.6 Å². The lowest BCUT2D eigenvalue weighted by Gasteiger charge is -2.26. The van der Waals surface area contributed by atoms with Crippen LogP contribution in [0.3, 0.4) is 0 Å². The molecule has 0 spiro atoms. The van der Waals surface area contributed by atoms with E-state index in [-0.39, 0.29) is 21.9 Å². The van der Waals surface area contributed by atoms with Crippen LogP contribution in [-0.4, -0.2) is 33.1 Å². The summed E-state index contributed by atoms with van der Waals surface area (Å²) in [6.07, 6.45) is 0. The Morgan fingerprint density at radius 3 is 2.23 bits per heavy atom. The van der Waals surface area contributed by atoms with Crippen molar-refractivity contribution in [3.63, 3.8) is 0 Å². The van der Waals surface area contributed by atoms with E-state index < -0.39 is 16.0 Å². The van der Waals surface area contributed by atoms with Crippen LogP contribution in [0.4, 0.5) is 11.4 Å². The molecule has 162 valence electrons. The molecule has 0 aromatic heterocycles. The molecule has 3 aromatic rings. The number of aromatic carboxylic acids is 1. The fraction of sp³-hybridized carbons (Fsp3) is 0.136. The summed E-state index contributed by atoms with van der Waals surface area (Å²) in [5.41, 5.74) is 0.916. The Morgan fingerprint density at radius 2 is 1.65 bits per heavy atom. The first-order valence-corrected chi connectivity index (χ1v) is 10.9. The minimum atomic E-state index is -4.15. The van der Waals surface area contributed by atoms with Gasteiger partial charge in [0, 0.05) is 12.2 Å². The molecule has 2 N–H and O–H groups in total. The van der Waals surface area contributed by atoms with Gasteiger partial charge < -0.3 is 19.6 Å². The third kappa shape index (κ3) is 5.14. The number of nitrogens with one attached hydrogen (secondary N) is 1. The van der Waals surface area contributed by atoms with Gasteiger partial charge in [-0.25, -0.2) is 13.2 Å². The number of hydrogen-bond donors (Lipinski definition) is 2. The molecule has 0 radical (unpaired) electrons. The Hall–Kier alpha value is -3.56. The van der Waals surface area contributed by atoms with Crippen LogP contribution in [0, 0.1) is 0 Å². The van der Waals surface area contributed by atoms with Crippen LogP contribution >= 0.6 is 0 Å². The van der Waals surface area contributed by atoms with Crippen molar-refractivity contribution in [3.8, 4) is 11.5 Å². The Balaban J connectivity index is 1.99. The molecular formula is C22H22N2O6S. The molecule has 0 aliphatic rings. The number of methoxy groups -OCH3 is 1. The lowest BCUT2D eigenvalue weighted by atomic mass is 10.1. The molecule has 0 fully saturated rings. The molecule has 0 atom stereocenters. The lowest BCUT2D eigenvalue weighted by Crippen LogP contribution is -2.29. The summed E-state index contributed by atoms with van der Waals surface area (Å²) in [6, 6.07) is 19.3. The number of sulfonamides is 1. The average Bonchev–Trinajstić information content (AvgIpc) is 2.79. The van der Waals surface area contributed by atoms with Gasteiger partial charge in [0.2, 0.25) is 0 Å². The van der Waals surface area contributed by atoms with Crippen LogP contribution in [0.1, 0.15) is 17.3 Å². The molecule has 8 nitrogen and oxygen atoms in total. The van der Waals surface area contributed by atoms with Gasteiger partial charge in [0.1, 0.15) is 16.4 Å². The average molecular weight is 442 g/mol. The minimum Gasteiger partial charge on any atom is -0.497 e. The van der Waals surface area contributed by atoms with Gasteiger partial charge in [-0.3, -0.25) is 0 Å². The smallest absolute Gasteiger partial charge is 0.335 e. The summed E-state index contributed by atoms with van der Waals surface area (Å²) < 4.78 is 31.2. The van der Waals surface area contributed by atoms with Gasteiger partial charge in [-0.2, -0.15) is 0 Å². The zero-order valence-electron chi connectivity index (χ0n) is 17.0. The monoisotopic (exact) mass is 442 g/mol. The third-order valence-corrected chi connectivity index (χ3v) is 5.73. The van der Waals surface area contributed by atoms with E-state index in [2.05, 4.69) is 4.89 Å². The molecular weight excluding hydrogens is 420 g/mol. The van der Waals surface area contributed by atoms with E-state index in [0.29, 0.717) is 12.3 Å². The van der Waals surface area contributed by atoms with Gasteiger partial charge >= 0.3 is 5.97 Å². The van der Waals surface area contributed by atoms with Crippen LogP contribution in [0.5, 0.6) is 11.5 Å². The van der Waals surface area contributed by atoms with E-state index in [9.17, 15) is 18.3 Å². The second-order valence-corrected chi connectivity index (χ2v) is 8.05. The first kappa shape index (κ1) is 22.1. The SMILES string of the molecule is CCN(c1ccccc1)c1cc(C(=O)O)ccc1S(=O)(=O)NOc1ccc(OC)cc1. The van der Waals surface area contributed by atoms with Gasteiger partial charge in [0.25, 0.3) is 10.0 Å². The number of ether oxygens (including phenoxy) is 1. The zero-order valence-corrected chi connectivity index (χ0v) is 17.8. The summed E-state index contributed by atoms with van der Waals surface area (Å²) in [5.74, 6) is -0.288. The Kier molecular flexibility index (Phi) is 6.78. The van der Waals surface area contributed by atoms with Crippen molar-refractivity contribution in [2.45, 2.75) is 11.8 Å². The number of anilines is 2. The number of carboxylic acid groups (broad SMARTS) is 1. The molecule has 0 heterocycles. The molecule has 0 unspecified atom stereocenters. The van der Waals surface area contributed by atoms with Crippen LogP contribution < -0.4 is 19.4 Å². The second-order valence-electron chi connectivity index (χ2n) is 6.43. The fourth-order valence-corrected chi connectivity index (χ4v) is 3.97. The molecule has 3 aromatic carbocycles. The number of nitrogens with zero attached hydrogens (tertiary/aromatic N) is 1. The standard InChI is InChI=1S/C22H22N2O6S/c1-3-24(17-7-5-4-6-8-17)20-15-16(22(25)26)9-14-21(20)31(27,28)23-30-19-12-10-18(29-2)11-13-19/h4-15,23H,3H2,1-2H3,(H,25,26). The molecule has 0 saturated heterocycles. The predicted molar refractivity (Wildman–Crippen MR) is 116 cm³/mol. The molecule has 0 aliphatic heterocycles. The van der Waals surface area contributed by atoms with Crippen LogP contribution in [0.2, 0.25) is 0 Å². The van der Waals surface area contributed by atoms with Crippen molar-refractivity contribution in [1.82, 2.24) is 4.89 Å².